The van der Waals surface area contributed by atoms with E-state index in [-0.39, 0.29) is 17.5 Å². The largest absolute Gasteiger partial charge is 0.377 e. The summed E-state index contributed by atoms with van der Waals surface area (Å²) in [4.78, 5) is 2.19. The van der Waals surface area contributed by atoms with E-state index in [1.807, 2.05) is 13.0 Å². The molecule has 0 aliphatic carbocycles. The van der Waals surface area contributed by atoms with Gasteiger partial charge in [-0.3, -0.25) is 0 Å². The molecule has 1 aromatic carbocycles. The Hall–Kier alpha value is -1.13. The Bertz CT molecular complexity index is 450. The van der Waals surface area contributed by atoms with Crippen molar-refractivity contribution >= 4 is 5.69 Å². The zero-order valence-electron chi connectivity index (χ0n) is 11.9. The van der Waals surface area contributed by atoms with Gasteiger partial charge in [-0.2, -0.15) is 0 Å². The minimum atomic E-state index is -0.313. The van der Waals surface area contributed by atoms with Crippen LogP contribution in [0.1, 0.15) is 38.3 Å². The zero-order chi connectivity index (χ0) is 14.0. The van der Waals surface area contributed by atoms with Gasteiger partial charge in [-0.1, -0.05) is 6.07 Å². The third-order valence-electron chi connectivity index (χ3n) is 3.98. The summed E-state index contributed by atoms with van der Waals surface area (Å²) in [7, 11) is 1.74. The minimum absolute atomic E-state index is 0.167. The van der Waals surface area contributed by atoms with Crippen LogP contribution in [0.3, 0.4) is 0 Å². The lowest BCUT2D eigenvalue weighted by Gasteiger charge is -2.41. The molecule has 1 aromatic rings. The van der Waals surface area contributed by atoms with Gasteiger partial charge in [0.25, 0.3) is 0 Å². The number of halogens is 1. The quantitative estimate of drug-likeness (QED) is 0.914. The van der Waals surface area contributed by atoms with Gasteiger partial charge in [0.1, 0.15) is 5.82 Å². The number of methoxy groups -OCH3 is 1. The first-order valence-corrected chi connectivity index (χ1v) is 6.81. The molecule has 1 saturated heterocycles. The summed E-state index contributed by atoms with van der Waals surface area (Å²) >= 11 is 0. The molecule has 0 radical (unpaired) electrons. The van der Waals surface area contributed by atoms with Gasteiger partial charge in [0.15, 0.2) is 0 Å². The number of benzene rings is 1. The SMILES string of the molecule is COC1(C)CCCN(c2cccc(F)c2[C@@H](C)N)C1. The molecule has 1 fully saturated rings. The third-order valence-corrected chi connectivity index (χ3v) is 3.98. The molecule has 0 bridgehead atoms. The van der Waals surface area contributed by atoms with E-state index in [0.29, 0.717) is 5.56 Å². The van der Waals surface area contributed by atoms with Crippen LogP contribution in [0, 0.1) is 5.82 Å². The van der Waals surface area contributed by atoms with Gasteiger partial charge >= 0.3 is 0 Å². The zero-order valence-corrected chi connectivity index (χ0v) is 11.9. The van der Waals surface area contributed by atoms with E-state index >= 15 is 0 Å². The lowest BCUT2D eigenvalue weighted by Crippen LogP contribution is -2.48. The van der Waals surface area contributed by atoms with Crippen molar-refractivity contribution in [1.82, 2.24) is 0 Å². The highest BCUT2D eigenvalue weighted by atomic mass is 19.1. The first-order chi connectivity index (χ1) is 8.97. The van der Waals surface area contributed by atoms with E-state index in [4.69, 9.17) is 10.5 Å². The van der Waals surface area contributed by atoms with Crippen LogP contribution in [0.25, 0.3) is 0 Å². The molecular weight excluding hydrogens is 243 g/mol. The highest BCUT2D eigenvalue weighted by Crippen LogP contribution is 2.33. The lowest BCUT2D eigenvalue weighted by molar-refractivity contribution is -0.00470. The third kappa shape index (κ3) is 2.90. The number of nitrogens with two attached hydrogens (primary N) is 1. The normalized spacial score (nSPS) is 25.4. The van der Waals surface area contributed by atoms with Crippen LogP contribution in [-0.4, -0.2) is 25.8 Å². The molecule has 1 aliphatic rings. The molecule has 2 atom stereocenters. The molecule has 2 rings (SSSR count). The number of piperidine rings is 1. The van der Waals surface area contributed by atoms with Crippen molar-refractivity contribution in [1.29, 1.82) is 0 Å². The number of rotatable bonds is 3. The summed E-state index contributed by atoms with van der Waals surface area (Å²) < 4.78 is 19.6. The maximum Gasteiger partial charge on any atom is 0.130 e. The van der Waals surface area contributed by atoms with Crippen molar-refractivity contribution in [3.8, 4) is 0 Å². The van der Waals surface area contributed by atoms with Gasteiger partial charge in [0, 0.05) is 37.5 Å². The molecule has 0 amide bonds. The smallest absolute Gasteiger partial charge is 0.130 e. The Kier molecular flexibility index (Phi) is 4.11. The Morgan fingerprint density at radius 2 is 2.21 bits per heavy atom. The molecule has 0 spiro atoms. The Balaban J connectivity index is 2.34. The van der Waals surface area contributed by atoms with Gasteiger partial charge in [0.05, 0.1) is 5.60 Å². The first-order valence-electron chi connectivity index (χ1n) is 6.81. The molecule has 3 nitrogen and oxygen atoms in total. The summed E-state index contributed by atoms with van der Waals surface area (Å²) in [6, 6.07) is 4.85. The summed E-state index contributed by atoms with van der Waals surface area (Å²) in [6.45, 7) is 5.61. The van der Waals surface area contributed by atoms with Crippen molar-refractivity contribution in [3.05, 3.63) is 29.6 Å². The molecule has 0 aromatic heterocycles. The van der Waals surface area contributed by atoms with Crippen LogP contribution in [0.5, 0.6) is 0 Å². The standard InChI is InChI=1S/C15H23FN2O/c1-11(17)14-12(16)6-4-7-13(14)18-9-5-8-15(2,10-18)19-3/h4,6-7,11H,5,8-10,17H2,1-3H3/t11-,15?/m1/s1. The number of anilines is 1. The molecule has 19 heavy (non-hydrogen) atoms. The van der Waals surface area contributed by atoms with E-state index in [9.17, 15) is 4.39 Å². The fraction of sp³-hybridized carbons (Fsp3) is 0.600. The van der Waals surface area contributed by atoms with Crippen LogP contribution in [0.2, 0.25) is 0 Å². The molecular formula is C15H23FN2O. The molecule has 1 heterocycles. The van der Waals surface area contributed by atoms with Crippen molar-refractivity contribution < 1.29 is 9.13 Å². The van der Waals surface area contributed by atoms with Crippen molar-refractivity contribution in [2.75, 3.05) is 25.1 Å². The number of hydrogen-bond donors (Lipinski definition) is 1. The molecule has 1 unspecified atom stereocenters. The van der Waals surface area contributed by atoms with Crippen molar-refractivity contribution in [2.24, 2.45) is 5.73 Å². The molecule has 2 N–H and O–H groups in total. The van der Waals surface area contributed by atoms with Crippen LogP contribution >= 0.6 is 0 Å². The van der Waals surface area contributed by atoms with E-state index in [2.05, 4.69) is 11.8 Å². The average Bonchev–Trinajstić information content (AvgIpc) is 2.38. The van der Waals surface area contributed by atoms with Crippen LogP contribution in [0.4, 0.5) is 10.1 Å². The Morgan fingerprint density at radius 1 is 1.47 bits per heavy atom. The number of nitrogens with zero attached hydrogens (tertiary/aromatic N) is 1. The van der Waals surface area contributed by atoms with E-state index < -0.39 is 0 Å². The molecule has 106 valence electrons. The van der Waals surface area contributed by atoms with Crippen LogP contribution in [-0.2, 0) is 4.74 Å². The summed E-state index contributed by atoms with van der Waals surface area (Å²) in [5.74, 6) is -0.225. The second-order valence-corrected chi connectivity index (χ2v) is 5.64. The summed E-state index contributed by atoms with van der Waals surface area (Å²) in [5.41, 5.74) is 7.26. The lowest BCUT2D eigenvalue weighted by atomic mass is 9.93. The van der Waals surface area contributed by atoms with E-state index in [0.717, 1.165) is 31.6 Å². The van der Waals surface area contributed by atoms with Gasteiger partial charge in [0.2, 0.25) is 0 Å². The van der Waals surface area contributed by atoms with E-state index in [1.165, 1.54) is 6.07 Å². The highest BCUT2D eigenvalue weighted by Gasteiger charge is 2.32. The van der Waals surface area contributed by atoms with Crippen molar-refractivity contribution in [3.63, 3.8) is 0 Å². The second kappa shape index (κ2) is 5.47. The maximum absolute atomic E-state index is 14.0. The molecule has 0 saturated carbocycles. The van der Waals surface area contributed by atoms with Gasteiger partial charge in [-0.05, 0) is 38.8 Å². The molecule has 4 heteroatoms. The first kappa shape index (κ1) is 14.3. The van der Waals surface area contributed by atoms with Crippen LogP contribution in [0.15, 0.2) is 18.2 Å². The predicted molar refractivity (Wildman–Crippen MR) is 75.9 cm³/mol. The van der Waals surface area contributed by atoms with Gasteiger partial charge in [-0.25, -0.2) is 4.39 Å². The summed E-state index contributed by atoms with van der Waals surface area (Å²) in [6.07, 6.45) is 2.07. The average molecular weight is 266 g/mol. The fourth-order valence-corrected chi connectivity index (χ4v) is 2.83. The molecule has 1 aliphatic heterocycles. The number of hydrogen-bond acceptors (Lipinski definition) is 3. The minimum Gasteiger partial charge on any atom is -0.377 e. The topological polar surface area (TPSA) is 38.5 Å². The predicted octanol–water partition coefficient (Wildman–Crippen LogP) is 2.85. The van der Waals surface area contributed by atoms with Crippen molar-refractivity contribution in [2.45, 2.75) is 38.3 Å². The van der Waals surface area contributed by atoms with Gasteiger partial charge < -0.3 is 15.4 Å². The summed E-state index contributed by atoms with van der Waals surface area (Å²) in [5, 5.41) is 0. The maximum atomic E-state index is 14.0. The Morgan fingerprint density at radius 3 is 2.84 bits per heavy atom. The Labute approximate surface area is 114 Å². The van der Waals surface area contributed by atoms with Crippen LogP contribution < -0.4 is 10.6 Å². The fourth-order valence-electron chi connectivity index (χ4n) is 2.83. The highest BCUT2D eigenvalue weighted by molar-refractivity contribution is 5.56. The monoisotopic (exact) mass is 266 g/mol. The van der Waals surface area contributed by atoms with Gasteiger partial charge in [-0.15, -0.1) is 0 Å². The van der Waals surface area contributed by atoms with E-state index in [1.54, 1.807) is 13.2 Å². The number of ether oxygens (including phenoxy) is 1. The second-order valence-electron chi connectivity index (χ2n) is 5.64.